The zero-order valence-corrected chi connectivity index (χ0v) is 9.20. The topological polar surface area (TPSA) is 32.3 Å². The summed E-state index contributed by atoms with van der Waals surface area (Å²) in [6.07, 6.45) is 9.12. The molecule has 1 heterocycles. The van der Waals surface area contributed by atoms with Crippen LogP contribution >= 0.6 is 0 Å². The molecule has 3 nitrogen and oxygen atoms in total. The van der Waals surface area contributed by atoms with Gasteiger partial charge in [-0.1, -0.05) is 18.2 Å². The summed E-state index contributed by atoms with van der Waals surface area (Å²) < 4.78 is 0. The van der Waals surface area contributed by atoms with Crippen LogP contribution in [-0.4, -0.2) is 36.5 Å². The lowest BCUT2D eigenvalue weighted by atomic mass is 10.0. The smallest absolute Gasteiger partial charge is 0.217 e. The van der Waals surface area contributed by atoms with Gasteiger partial charge in [0.15, 0.2) is 0 Å². The summed E-state index contributed by atoms with van der Waals surface area (Å²) in [5.41, 5.74) is 1.42. The predicted molar refractivity (Wildman–Crippen MR) is 60.5 cm³/mol. The van der Waals surface area contributed by atoms with Gasteiger partial charge >= 0.3 is 0 Å². The SMILES string of the molecule is CC(=O)NC1CN(CC2=CCCC=C2)C1. The van der Waals surface area contributed by atoms with Gasteiger partial charge in [0.1, 0.15) is 0 Å². The Morgan fingerprint density at radius 1 is 1.53 bits per heavy atom. The molecule has 1 N–H and O–H groups in total. The van der Waals surface area contributed by atoms with Gasteiger partial charge in [0.05, 0.1) is 6.04 Å². The fourth-order valence-corrected chi connectivity index (χ4v) is 2.12. The monoisotopic (exact) mass is 206 g/mol. The van der Waals surface area contributed by atoms with Crippen molar-refractivity contribution in [3.8, 4) is 0 Å². The Kier molecular flexibility index (Phi) is 3.21. The molecular weight excluding hydrogens is 188 g/mol. The molecule has 0 radical (unpaired) electrons. The molecule has 1 fully saturated rings. The second-order valence-corrected chi connectivity index (χ2v) is 4.35. The Labute approximate surface area is 90.8 Å². The number of nitrogens with one attached hydrogen (secondary N) is 1. The second kappa shape index (κ2) is 4.62. The van der Waals surface area contributed by atoms with Crippen molar-refractivity contribution in [2.45, 2.75) is 25.8 Å². The number of nitrogens with zero attached hydrogens (tertiary/aromatic N) is 1. The van der Waals surface area contributed by atoms with Gasteiger partial charge in [-0.05, 0) is 18.4 Å². The van der Waals surface area contributed by atoms with E-state index in [1.54, 1.807) is 6.92 Å². The quantitative estimate of drug-likeness (QED) is 0.749. The van der Waals surface area contributed by atoms with Crippen LogP contribution in [0, 0.1) is 0 Å². The van der Waals surface area contributed by atoms with Crippen LogP contribution in [0.4, 0.5) is 0 Å². The largest absolute Gasteiger partial charge is 0.351 e. The zero-order valence-electron chi connectivity index (χ0n) is 9.20. The Morgan fingerprint density at radius 3 is 2.93 bits per heavy atom. The number of amides is 1. The minimum atomic E-state index is 0.0800. The van der Waals surface area contributed by atoms with E-state index in [9.17, 15) is 4.79 Å². The van der Waals surface area contributed by atoms with E-state index in [0.717, 1.165) is 19.6 Å². The van der Waals surface area contributed by atoms with Crippen molar-refractivity contribution in [3.05, 3.63) is 23.8 Å². The first-order valence-electron chi connectivity index (χ1n) is 5.59. The molecule has 0 unspecified atom stereocenters. The maximum atomic E-state index is 10.8. The summed E-state index contributed by atoms with van der Waals surface area (Å²) in [6.45, 7) is 4.59. The number of carbonyl (C=O) groups is 1. The highest BCUT2D eigenvalue weighted by atomic mass is 16.1. The average molecular weight is 206 g/mol. The highest BCUT2D eigenvalue weighted by molar-refractivity contribution is 5.73. The predicted octanol–water partition coefficient (Wildman–Crippen LogP) is 1.08. The molecule has 0 aromatic rings. The first kappa shape index (κ1) is 10.4. The van der Waals surface area contributed by atoms with E-state index in [1.165, 1.54) is 18.4 Å². The summed E-state index contributed by atoms with van der Waals surface area (Å²) in [4.78, 5) is 13.2. The molecule has 0 aromatic carbocycles. The maximum Gasteiger partial charge on any atom is 0.217 e. The van der Waals surface area contributed by atoms with Gasteiger partial charge in [0.2, 0.25) is 5.91 Å². The number of allylic oxidation sites excluding steroid dienone is 2. The molecule has 1 amide bonds. The molecule has 3 heteroatoms. The molecular formula is C12H18N2O. The maximum absolute atomic E-state index is 10.8. The number of likely N-dealkylation sites (tertiary alicyclic amines) is 1. The first-order valence-corrected chi connectivity index (χ1v) is 5.59. The van der Waals surface area contributed by atoms with E-state index in [-0.39, 0.29) is 5.91 Å². The molecule has 1 aliphatic heterocycles. The van der Waals surface area contributed by atoms with Crippen LogP contribution in [0.15, 0.2) is 23.8 Å². The molecule has 15 heavy (non-hydrogen) atoms. The fraction of sp³-hybridized carbons (Fsp3) is 0.583. The molecule has 2 aliphatic rings. The van der Waals surface area contributed by atoms with Gasteiger partial charge in [0.25, 0.3) is 0 Å². The lowest BCUT2D eigenvalue weighted by Gasteiger charge is -2.39. The molecule has 0 atom stereocenters. The van der Waals surface area contributed by atoms with Crippen molar-refractivity contribution < 1.29 is 4.79 Å². The third kappa shape index (κ3) is 2.93. The lowest BCUT2D eigenvalue weighted by Crippen LogP contribution is -2.59. The van der Waals surface area contributed by atoms with Crippen LogP contribution in [0.3, 0.4) is 0 Å². The van der Waals surface area contributed by atoms with Gasteiger partial charge in [-0.3, -0.25) is 9.69 Å². The van der Waals surface area contributed by atoms with Crippen molar-refractivity contribution in [2.24, 2.45) is 0 Å². The van der Waals surface area contributed by atoms with Crippen molar-refractivity contribution in [1.82, 2.24) is 10.2 Å². The first-order chi connectivity index (χ1) is 7.24. The summed E-state index contributed by atoms with van der Waals surface area (Å²) >= 11 is 0. The minimum absolute atomic E-state index is 0.0800. The van der Waals surface area contributed by atoms with Crippen LogP contribution in [-0.2, 0) is 4.79 Å². The van der Waals surface area contributed by atoms with E-state index < -0.39 is 0 Å². The third-order valence-corrected chi connectivity index (χ3v) is 2.84. The Balaban J connectivity index is 1.69. The van der Waals surface area contributed by atoms with Crippen molar-refractivity contribution in [2.75, 3.05) is 19.6 Å². The number of hydrogen-bond acceptors (Lipinski definition) is 2. The number of rotatable bonds is 3. The van der Waals surface area contributed by atoms with Gasteiger partial charge in [-0.2, -0.15) is 0 Å². The average Bonchev–Trinajstić information content (AvgIpc) is 2.15. The highest BCUT2D eigenvalue weighted by Gasteiger charge is 2.26. The van der Waals surface area contributed by atoms with Gasteiger partial charge < -0.3 is 5.32 Å². The van der Waals surface area contributed by atoms with Crippen LogP contribution in [0.2, 0.25) is 0 Å². The highest BCUT2D eigenvalue weighted by Crippen LogP contribution is 2.15. The number of hydrogen-bond donors (Lipinski definition) is 1. The molecule has 1 saturated heterocycles. The van der Waals surface area contributed by atoms with E-state index in [4.69, 9.17) is 0 Å². The van der Waals surface area contributed by atoms with Crippen LogP contribution in [0.1, 0.15) is 19.8 Å². The van der Waals surface area contributed by atoms with Crippen molar-refractivity contribution in [1.29, 1.82) is 0 Å². The van der Waals surface area contributed by atoms with Gasteiger partial charge in [0, 0.05) is 26.6 Å². The van der Waals surface area contributed by atoms with Crippen molar-refractivity contribution in [3.63, 3.8) is 0 Å². The Morgan fingerprint density at radius 2 is 2.33 bits per heavy atom. The third-order valence-electron chi connectivity index (χ3n) is 2.84. The molecule has 0 saturated carbocycles. The molecule has 1 aliphatic carbocycles. The zero-order chi connectivity index (χ0) is 10.7. The van der Waals surface area contributed by atoms with E-state index in [0.29, 0.717) is 6.04 Å². The van der Waals surface area contributed by atoms with Crippen molar-refractivity contribution >= 4 is 5.91 Å². The van der Waals surface area contributed by atoms with Gasteiger partial charge in [-0.15, -0.1) is 0 Å². The molecule has 0 aromatic heterocycles. The molecule has 82 valence electrons. The summed E-state index contributed by atoms with van der Waals surface area (Å²) in [6, 6.07) is 0.371. The number of carbonyl (C=O) groups excluding carboxylic acids is 1. The fourth-order valence-electron chi connectivity index (χ4n) is 2.12. The van der Waals surface area contributed by atoms with E-state index in [2.05, 4.69) is 28.4 Å². The Hall–Kier alpha value is -1.09. The van der Waals surface area contributed by atoms with Crippen LogP contribution < -0.4 is 5.32 Å². The molecule has 0 bridgehead atoms. The Bertz CT molecular complexity index is 301. The van der Waals surface area contributed by atoms with Crippen LogP contribution in [0.5, 0.6) is 0 Å². The summed E-state index contributed by atoms with van der Waals surface area (Å²) in [7, 11) is 0. The van der Waals surface area contributed by atoms with Crippen LogP contribution in [0.25, 0.3) is 0 Å². The summed E-state index contributed by atoms with van der Waals surface area (Å²) in [5, 5.41) is 2.93. The second-order valence-electron chi connectivity index (χ2n) is 4.35. The molecule has 0 spiro atoms. The molecule has 2 rings (SSSR count). The van der Waals surface area contributed by atoms with Gasteiger partial charge in [-0.25, -0.2) is 0 Å². The van der Waals surface area contributed by atoms with E-state index in [1.807, 2.05) is 0 Å². The summed E-state index contributed by atoms with van der Waals surface area (Å²) in [5.74, 6) is 0.0800. The normalized spacial score (nSPS) is 22.1. The minimum Gasteiger partial charge on any atom is -0.351 e. The lowest BCUT2D eigenvalue weighted by molar-refractivity contribution is -0.120. The van der Waals surface area contributed by atoms with E-state index >= 15 is 0 Å². The standard InChI is InChI=1S/C12H18N2O/c1-10(15)13-12-8-14(9-12)7-11-5-3-2-4-6-11/h3,5-6,12H,2,4,7-9H2,1H3,(H,13,15).